The Kier molecular flexibility index (Phi) is 7.71. The van der Waals surface area contributed by atoms with Crippen molar-refractivity contribution in [2.75, 3.05) is 45.2 Å². The van der Waals surface area contributed by atoms with Crippen molar-refractivity contribution in [3.05, 3.63) is 29.8 Å². The number of hydrogen-bond donors (Lipinski definition) is 2. The van der Waals surface area contributed by atoms with E-state index in [0.717, 1.165) is 32.4 Å². The van der Waals surface area contributed by atoms with E-state index in [2.05, 4.69) is 15.5 Å². The van der Waals surface area contributed by atoms with E-state index in [0.29, 0.717) is 30.9 Å². The monoisotopic (exact) mass is 333 g/mol. The van der Waals surface area contributed by atoms with E-state index in [1.54, 1.807) is 31.4 Å². The summed E-state index contributed by atoms with van der Waals surface area (Å²) in [4.78, 5) is 26.4. The van der Waals surface area contributed by atoms with E-state index in [9.17, 15) is 9.59 Å². The number of methoxy groups -OCH3 is 1. The van der Waals surface area contributed by atoms with Crippen LogP contribution in [0.1, 0.15) is 36.0 Å². The summed E-state index contributed by atoms with van der Waals surface area (Å²) in [6.07, 6.45) is 4.34. The Morgan fingerprint density at radius 1 is 1.21 bits per heavy atom. The Balaban J connectivity index is 1.82. The van der Waals surface area contributed by atoms with Crippen molar-refractivity contribution in [2.45, 2.75) is 25.7 Å². The van der Waals surface area contributed by atoms with Crippen molar-refractivity contribution in [2.24, 2.45) is 0 Å². The number of hydrogen-bond acceptors (Lipinski definition) is 4. The third-order valence-corrected chi connectivity index (χ3v) is 4.04. The van der Waals surface area contributed by atoms with Crippen molar-refractivity contribution in [1.29, 1.82) is 0 Å². The summed E-state index contributed by atoms with van der Waals surface area (Å²) >= 11 is 0. The summed E-state index contributed by atoms with van der Waals surface area (Å²) in [5.41, 5.74) is 1.20. The molecule has 0 saturated carbocycles. The minimum absolute atomic E-state index is 0.0328. The zero-order valence-corrected chi connectivity index (χ0v) is 14.3. The van der Waals surface area contributed by atoms with Gasteiger partial charge in [-0.1, -0.05) is 12.5 Å². The first kappa shape index (κ1) is 18.4. The summed E-state index contributed by atoms with van der Waals surface area (Å²) in [5, 5.41) is 5.72. The second-order valence-corrected chi connectivity index (χ2v) is 6.07. The molecule has 132 valence electrons. The molecule has 1 aromatic rings. The molecule has 1 aliphatic rings. The quantitative estimate of drug-likeness (QED) is 0.713. The van der Waals surface area contributed by atoms with Crippen LogP contribution in [0.15, 0.2) is 24.3 Å². The molecule has 2 N–H and O–H groups in total. The summed E-state index contributed by atoms with van der Waals surface area (Å²) in [5.74, 6) is -0.173. The fraction of sp³-hybridized carbons (Fsp3) is 0.556. The molecule has 0 bridgehead atoms. The highest BCUT2D eigenvalue weighted by Gasteiger charge is 2.14. The molecule has 1 saturated heterocycles. The molecular formula is C18H27N3O3. The van der Waals surface area contributed by atoms with Crippen molar-refractivity contribution >= 4 is 17.5 Å². The van der Waals surface area contributed by atoms with E-state index in [1.807, 2.05) is 0 Å². The van der Waals surface area contributed by atoms with E-state index >= 15 is 0 Å². The third-order valence-electron chi connectivity index (χ3n) is 4.04. The maximum absolute atomic E-state index is 12.1. The van der Waals surface area contributed by atoms with Crippen LogP contribution in [0.2, 0.25) is 0 Å². The van der Waals surface area contributed by atoms with E-state index in [4.69, 9.17) is 4.74 Å². The van der Waals surface area contributed by atoms with Crippen LogP contribution in [0.25, 0.3) is 0 Å². The average molecular weight is 333 g/mol. The number of carbonyl (C=O) groups is 2. The van der Waals surface area contributed by atoms with Crippen LogP contribution >= 0.6 is 0 Å². The van der Waals surface area contributed by atoms with Gasteiger partial charge in [0.25, 0.3) is 5.91 Å². The molecule has 1 fully saturated rings. The molecular weight excluding hydrogens is 306 g/mol. The molecule has 0 unspecified atom stereocenters. The van der Waals surface area contributed by atoms with Gasteiger partial charge in [-0.2, -0.15) is 0 Å². The highest BCUT2D eigenvalue weighted by Crippen LogP contribution is 2.12. The minimum Gasteiger partial charge on any atom is -0.385 e. The van der Waals surface area contributed by atoms with Gasteiger partial charge in [0.1, 0.15) is 0 Å². The zero-order valence-electron chi connectivity index (χ0n) is 14.3. The van der Waals surface area contributed by atoms with E-state index in [-0.39, 0.29) is 11.8 Å². The number of rotatable bonds is 8. The molecule has 1 aliphatic heterocycles. The number of carbonyl (C=O) groups excluding carboxylic acids is 2. The number of nitrogens with one attached hydrogen (secondary N) is 2. The number of amides is 2. The maximum Gasteiger partial charge on any atom is 0.251 e. The van der Waals surface area contributed by atoms with Crippen LogP contribution in [-0.2, 0) is 9.53 Å². The van der Waals surface area contributed by atoms with Crippen LogP contribution in [0.3, 0.4) is 0 Å². The molecule has 0 aromatic heterocycles. The normalized spacial score (nSPS) is 15.0. The van der Waals surface area contributed by atoms with Crippen LogP contribution in [-0.4, -0.2) is 56.6 Å². The summed E-state index contributed by atoms with van der Waals surface area (Å²) in [7, 11) is 1.64. The van der Waals surface area contributed by atoms with Gasteiger partial charge in [-0.15, -0.1) is 0 Å². The number of likely N-dealkylation sites (tertiary alicyclic amines) is 1. The van der Waals surface area contributed by atoms with Crippen molar-refractivity contribution in [3.8, 4) is 0 Å². The lowest BCUT2D eigenvalue weighted by Gasteiger charge is -2.25. The van der Waals surface area contributed by atoms with E-state index < -0.39 is 0 Å². The molecule has 0 aliphatic carbocycles. The highest BCUT2D eigenvalue weighted by atomic mass is 16.5. The Labute approximate surface area is 143 Å². The van der Waals surface area contributed by atoms with Gasteiger partial charge in [0.05, 0.1) is 6.54 Å². The topological polar surface area (TPSA) is 70.7 Å². The van der Waals surface area contributed by atoms with Gasteiger partial charge in [0, 0.05) is 31.5 Å². The number of benzene rings is 1. The number of ether oxygens (including phenoxy) is 1. The standard InChI is InChI=1S/C18H27N3O3/c1-24-12-6-9-19-18(23)15-7-5-8-16(13-15)20-17(22)14-21-10-3-2-4-11-21/h5,7-8,13H,2-4,6,9-12,14H2,1H3,(H,19,23)(H,20,22). The van der Waals surface area contributed by atoms with Gasteiger partial charge in [-0.25, -0.2) is 0 Å². The second-order valence-electron chi connectivity index (χ2n) is 6.07. The molecule has 1 heterocycles. The zero-order chi connectivity index (χ0) is 17.2. The lowest BCUT2D eigenvalue weighted by Crippen LogP contribution is -2.36. The number of piperidine rings is 1. The molecule has 0 radical (unpaired) electrons. The van der Waals surface area contributed by atoms with Gasteiger partial charge >= 0.3 is 0 Å². The van der Waals surface area contributed by atoms with Gasteiger partial charge in [-0.05, 0) is 50.6 Å². The van der Waals surface area contributed by atoms with Gasteiger partial charge in [0.2, 0.25) is 5.91 Å². The Hall–Kier alpha value is -1.92. The molecule has 24 heavy (non-hydrogen) atoms. The first-order valence-electron chi connectivity index (χ1n) is 8.58. The van der Waals surface area contributed by atoms with Crippen LogP contribution in [0.5, 0.6) is 0 Å². The van der Waals surface area contributed by atoms with Crippen molar-refractivity contribution in [1.82, 2.24) is 10.2 Å². The third kappa shape index (κ3) is 6.29. The van der Waals surface area contributed by atoms with Crippen LogP contribution in [0.4, 0.5) is 5.69 Å². The van der Waals surface area contributed by atoms with Gasteiger partial charge in [-0.3, -0.25) is 14.5 Å². The van der Waals surface area contributed by atoms with Crippen molar-refractivity contribution < 1.29 is 14.3 Å². The first-order valence-corrected chi connectivity index (χ1v) is 8.58. The fourth-order valence-electron chi connectivity index (χ4n) is 2.78. The second kappa shape index (κ2) is 10.1. The predicted octanol–water partition coefficient (Wildman–Crippen LogP) is 1.88. The van der Waals surface area contributed by atoms with Crippen LogP contribution < -0.4 is 10.6 Å². The molecule has 2 amide bonds. The fourth-order valence-corrected chi connectivity index (χ4v) is 2.78. The summed E-state index contributed by atoms with van der Waals surface area (Å²) in [6, 6.07) is 7.03. The van der Waals surface area contributed by atoms with E-state index in [1.165, 1.54) is 6.42 Å². The average Bonchev–Trinajstić information content (AvgIpc) is 2.59. The van der Waals surface area contributed by atoms with Crippen molar-refractivity contribution in [3.63, 3.8) is 0 Å². The Morgan fingerprint density at radius 2 is 2.00 bits per heavy atom. The molecule has 1 aromatic carbocycles. The van der Waals surface area contributed by atoms with Gasteiger partial charge < -0.3 is 15.4 Å². The predicted molar refractivity (Wildman–Crippen MR) is 94.2 cm³/mol. The molecule has 6 heteroatoms. The lowest BCUT2D eigenvalue weighted by molar-refractivity contribution is -0.117. The number of nitrogens with zero attached hydrogens (tertiary/aromatic N) is 1. The lowest BCUT2D eigenvalue weighted by atomic mass is 10.1. The minimum atomic E-state index is -0.141. The first-order chi connectivity index (χ1) is 11.7. The largest absolute Gasteiger partial charge is 0.385 e. The Morgan fingerprint density at radius 3 is 2.75 bits per heavy atom. The SMILES string of the molecule is COCCCNC(=O)c1cccc(NC(=O)CN2CCCCC2)c1. The molecule has 6 nitrogen and oxygen atoms in total. The smallest absolute Gasteiger partial charge is 0.251 e. The Bertz CT molecular complexity index is 542. The molecule has 0 atom stereocenters. The molecule has 2 rings (SSSR count). The maximum atomic E-state index is 12.1. The number of anilines is 1. The van der Waals surface area contributed by atoms with Crippen LogP contribution in [0, 0.1) is 0 Å². The highest BCUT2D eigenvalue weighted by molar-refractivity contribution is 5.97. The molecule has 0 spiro atoms. The van der Waals surface area contributed by atoms with Gasteiger partial charge in [0.15, 0.2) is 0 Å². The summed E-state index contributed by atoms with van der Waals surface area (Å²) in [6.45, 7) is 3.56. The summed E-state index contributed by atoms with van der Waals surface area (Å²) < 4.78 is 4.95.